The van der Waals surface area contributed by atoms with Crippen molar-refractivity contribution in [1.29, 1.82) is 0 Å². The Hall–Kier alpha value is -1.33. The third kappa shape index (κ3) is 5.35. The molecule has 1 aromatic rings. The summed E-state index contributed by atoms with van der Waals surface area (Å²) in [6, 6.07) is 5.57. The highest BCUT2D eigenvalue weighted by atomic mass is 35.5. The Balaban J connectivity index is 2.45. The molecule has 1 atom stereocenters. The SMILES string of the molecule is CCC(C)NC(=O)CCNc1ccc(C(N)=S)c(Cl)c1. The Morgan fingerprint density at radius 3 is 2.75 bits per heavy atom. The fourth-order valence-electron chi connectivity index (χ4n) is 1.59. The zero-order chi connectivity index (χ0) is 15.1. The molecule has 110 valence electrons. The predicted octanol–water partition coefficient (Wildman–Crippen LogP) is 2.69. The van der Waals surface area contributed by atoms with Gasteiger partial charge < -0.3 is 16.4 Å². The molecule has 0 aliphatic carbocycles. The van der Waals surface area contributed by atoms with Gasteiger partial charge in [0.05, 0.1) is 5.02 Å². The minimum Gasteiger partial charge on any atom is -0.389 e. The fraction of sp³-hybridized carbons (Fsp3) is 0.429. The Morgan fingerprint density at radius 1 is 1.50 bits per heavy atom. The molecule has 4 N–H and O–H groups in total. The third-order valence-electron chi connectivity index (χ3n) is 2.94. The van der Waals surface area contributed by atoms with Crippen LogP contribution in [-0.4, -0.2) is 23.5 Å². The number of nitrogens with two attached hydrogens (primary N) is 1. The van der Waals surface area contributed by atoms with Crippen molar-refractivity contribution in [3.63, 3.8) is 0 Å². The topological polar surface area (TPSA) is 67.2 Å². The van der Waals surface area contributed by atoms with Crippen molar-refractivity contribution in [2.24, 2.45) is 5.73 Å². The molecule has 1 rings (SSSR count). The number of carbonyl (C=O) groups is 1. The average Bonchev–Trinajstić information content (AvgIpc) is 2.38. The number of benzene rings is 1. The van der Waals surface area contributed by atoms with Gasteiger partial charge >= 0.3 is 0 Å². The maximum Gasteiger partial charge on any atom is 0.221 e. The Morgan fingerprint density at radius 2 is 2.20 bits per heavy atom. The highest BCUT2D eigenvalue weighted by Crippen LogP contribution is 2.20. The molecule has 0 fully saturated rings. The summed E-state index contributed by atoms with van der Waals surface area (Å²) in [5.41, 5.74) is 7.03. The second kappa shape index (κ2) is 8.07. The molecule has 0 bridgehead atoms. The second-order valence-electron chi connectivity index (χ2n) is 4.61. The van der Waals surface area contributed by atoms with Gasteiger partial charge in [0.15, 0.2) is 0 Å². The van der Waals surface area contributed by atoms with Crippen LogP contribution in [0, 0.1) is 0 Å². The van der Waals surface area contributed by atoms with Crippen LogP contribution in [-0.2, 0) is 4.79 Å². The van der Waals surface area contributed by atoms with E-state index in [0.717, 1.165) is 12.1 Å². The number of halogens is 1. The normalized spacial score (nSPS) is 11.8. The van der Waals surface area contributed by atoms with Crippen LogP contribution in [0.2, 0.25) is 5.02 Å². The lowest BCUT2D eigenvalue weighted by Gasteiger charge is -2.12. The van der Waals surface area contributed by atoms with Crippen molar-refractivity contribution in [3.8, 4) is 0 Å². The molecule has 0 aromatic heterocycles. The van der Waals surface area contributed by atoms with Crippen molar-refractivity contribution < 1.29 is 4.79 Å². The van der Waals surface area contributed by atoms with Crippen molar-refractivity contribution in [1.82, 2.24) is 5.32 Å². The van der Waals surface area contributed by atoms with E-state index in [-0.39, 0.29) is 16.9 Å². The van der Waals surface area contributed by atoms with Gasteiger partial charge in [-0.1, -0.05) is 30.7 Å². The Kier molecular flexibility index (Phi) is 6.75. The van der Waals surface area contributed by atoms with Gasteiger partial charge in [-0.2, -0.15) is 0 Å². The molecule has 1 unspecified atom stereocenters. The first-order valence-corrected chi connectivity index (χ1v) is 7.35. The van der Waals surface area contributed by atoms with Gasteiger partial charge in [0.1, 0.15) is 4.99 Å². The van der Waals surface area contributed by atoms with Crippen LogP contribution in [0.3, 0.4) is 0 Å². The third-order valence-corrected chi connectivity index (χ3v) is 3.47. The number of thiocarbonyl (C=S) groups is 1. The summed E-state index contributed by atoms with van der Waals surface area (Å²) in [5.74, 6) is 0.0395. The van der Waals surface area contributed by atoms with E-state index in [0.29, 0.717) is 23.6 Å². The van der Waals surface area contributed by atoms with Gasteiger partial charge in [-0.15, -0.1) is 0 Å². The first kappa shape index (κ1) is 16.7. The van der Waals surface area contributed by atoms with Crippen molar-refractivity contribution in [2.75, 3.05) is 11.9 Å². The summed E-state index contributed by atoms with van der Waals surface area (Å²) in [4.78, 5) is 11.9. The van der Waals surface area contributed by atoms with Crippen LogP contribution in [0.5, 0.6) is 0 Å². The van der Waals surface area contributed by atoms with E-state index in [9.17, 15) is 4.79 Å². The lowest BCUT2D eigenvalue weighted by atomic mass is 10.2. The fourth-order valence-corrected chi connectivity index (χ4v) is 2.11. The van der Waals surface area contributed by atoms with Crippen molar-refractivity contribution in [3.05, 3.63) is 28.8 Å². The van der Waals surface area contributed by atoms with Crippen LogP contribution in [0.4, 0.5) is 5.69 Å². The van der Waals surface area contributed by atoms with E-state index in [1.165, 1.54) is 0 Å². The zero-order valence-electron chi connectivity index (χ0n) is 11.7. The number of hydrogen-bond donors (Lipinski definition) is 3. The molecule has 0 spiro atoms. The predicted molar refractivity (Wildman–Crippen MR) is 88.3 cm³/mol. The lowest BCUT2D eigenvalue weighted by Crippen LogP contribution is -2.32. The van der Waals surface area contributed by atoms with Crippen LogP contribution in [0.15, 0.2) is 18.2 Å². The van der Waals surface area contributed by atoms with E-state index in [4.69, 9.17) is 29.6 Å². The molecule has 1 amide bonds. The number of rotatable bonds is 7. The van der Waals surface area contributed by atoms with E-state index in [1.54, 1.807) is 12.1 Å². The summed E-state index contributed by atoms with van der Waals surface area (Å²) in [7, 11) is 0. The van der Waals surface area contributed by atoms with E-state index in [2.05, 4.69) is 10.6 Å². The molecule has 0 aliphatic rings. The number of hydrogen-bond acceptors (Lipinski definition) is 3. The molecule has 6 heteroatoms. The Bertz CT molecular complexity index is 493. The van der Waals surface area contributed by atoms with Gasteiger partial charge in [-0.05, 0) is 31.5 Å². The van der Waals surface area contributed by atoms with Gasteiger partial charge in [0.25, 0.3) is 0 Å². The molecular formula is C14H20ClN3OS. The van der Waals surface area contributed by atoms with E-state index in [1.807, 2.05) is 19.9 Å². The number of amides is 1. The minimum absolute atomic E-state index is 0.0395. The van der Waals surface area contributed by atoms with Gasteiger partial charge in [0.2, 0.25) is 5.91 Å². The lowest BCUT2D eigenvalue weighted by molar-refractivity contribution is -0.121. The summed E-state index contributed by atoms with van der Waals surface area (Å²) in [5, 5.41) is 6.56. The van der Waals surface area contributed by atoms with E-state index >= 15 is 0 Å². The molecular weight excluding hydrogens is 294 g/mol. The highest BCUT2D eigenvalue weighted by molar-refractivity contribution is 7.80. The zero-order valence-corrected chi connectivity index (χ0v) is 13.3. The summed E-state index contributed by atoms with van der Waals surface area (Å²) in [6.45, 7) is 4.57. The first-order chi connectivity index (χ1) is 9.43. The van der Waals surface area contributed by atoms with Gasteiger partial charge in [-0.3, -0.25) is 4.79 Å². The number of carbonyl (C=O) groups excluding carboxylic acids is 1. The summed E-state index contributed by atoms with van der Waals surface area (Å²) in [6.07, 6.45) is 1.34. The maximum atomic E-state index is 11.6. The molecule has 4 nitrogen and oxygen atoms in total. The molecule has 20 heavy (non-hydrogen) atoms. The Labute approximate surface area is 130 Å². The summed E-state index contributed by atoms with van der Waals surface area (Å²) >= 11 is 11.0. The molecule has 0 heterocycles. The van der Waals surface area contributed by atoms with Crippen LogP contribution in [0.25, 0.3) is 0 Å². The number of nitrogens with one attached hydrogen (secondary N) is 2. The average molecular weight is 314 g/mol. The van der Waals surface area contributed by atoms with Crippen molar-refractivity contribution >= 4 is 40.4 Å². The maximum absolute atomic E-state index is 11.6. The van der Waals surface area contributed by atoms with Gasteiger partial charge in [-0.25, -0.2) is 0 Å². The van der Waals surface area contributed by atoms with Gasteiger partial charge in [0, 0.05) is 30.3 Å². The van der Waals surface area contributed by atoms with Crippen molar-refractivity contribution in [2.45, 2.75) is 32.7 Å². The minimum atomic E-state index is 0.0395. The van der Waals surface area contributed by atoms with E-state index < -0.39 is 0 Å². The first-order valence-electron chi connectivity index (χ1n) is 6.56. The summed E-state index contributed by atoms with van der Waals surface area (Å²) < 4.78 is 0. The molecule has 0 saturated heterocycles. The van der Waals surface area contributed by atoms with Crippen LogP contribution >= 0.6 is 23.8 Å². The largest absolute Gasteiger partial charge is 0.389 e. The molecule has 0 aliphatic heterocycles. The second-order valence-corrected chi connectivity index (χ2v) is 5.46. The van der Waals surface area contributed by atoms with Crippen LogP contribution in [0.1, 0.15) is 32.3 Å². The smallest absolute Gasteiger partial charge is 0.221 e. The van der Waals surface area contributed by atoms with Crippen LogP contribution < -0.4 is 16.4 Å². The molecule has 0 radical (unpaired) electrons. The monoisotopic (exact) mass is 313 g/mol. The molecule has 0 saturated carbocycles. The highest BCUT2D eigenvalue weighted by Gasteiger charge is 2.06. The molecule has 1 aromatic carbocycles. The number of anilines is 1. The quantitative estimate of drug-likeness (QED) is 0.677. The standard InChI is InChI=1S/C14H20ClN3OS/c1-3-9(2)18-13(19)6-7-17-10-4-5-11(14(16)20)12(15)8-10/h4-5,8-9,17H,3,6-7H2,1-2H3,(H2,16,20)(H,18,19).